The Kier molecular flexibility index (Phi) is 2.37. The zero-order valence-corrected chi connectivity index (χ0v) is 10.1. The highest BCUT2D eigenvalue weighted by atomic mass is 16.5. The van der Waals surface area contributed by atoms with Gasteiger partial charge in [-0.25, -0.2) is 4.79 Å². The summed E-state index contributed by atoms with van der Waals surface area (Å²) in [6.07, 6.45) is 2.44. The van der Waals surface area contributed by atoms with Gasteiger partial charge in [0.15, 0.2) is 11.2 Å². The zero-order chi connectivity index (χ0) is 12.7. The van der Waals surface area contributed by atoms with Crippen LogP contribution in [0.25, 0.3) is 21.9 Å². The molecule has 0 bridgehead atoms. The molecule has 0 unspecified atom stereocenters. The molecule has 92 valence electrons. The first-order chi connectivity index (χ1) is 8.76. The lowest BCUT2D eigenvalue weighted by Gasteiger charge is -2.09. The molecule has 0 spiro atoms. The molecule has 0 aliphatic rings. The molecule has 0 amide bonds. The molecule has 0 aliphatic heterocycles. The zero-order valence-electron chi connectivity index (χ0n) is 10.1. The summed E-state index contributed by atoms with van der Waals surface area (Å²) in [7, 11) is 1.54. The summed E-state index contributed by atoms with van der Waals surface area (Å²) in [6.45, 7) is 2.05. The van der Waals surface area contributed by atoms with Crippen LogP contribution in [0.4, 0.5) is 0 Å². The van der Waals surface area contributed by atoms with Crippen LogP contribution in [0.5, 0.6) is 5.75 Å². The lowest BCUT2D eigenvalue weighted by molar-refractivity contribution is 0.402. The van der Waals surface area contributed by atoms with Crippen molar-refractivity contribution in [1.82, 2.24) is 0 Å². The van der Waals surface area contributed by atoms with Crippen LogP contribution in [0.2, 0.25) is 0 Å². The molecule has 4 heteroatoms. The van der Waals surface area contributed by atoms with Gasteiger partial charge in [0.05, 0.1) is 13.4 Å². The molecular formula is C14H12O4. The second-order valence-electron chi connectivity index (χ2n) is 4.03. The highest BCUT2D eigenvalue weighted by molar-refractivity contribution is 6.03. The maximum Gasteiger partial charge on any atom is 0.336 e. The van der Waals surface area contributed by atoms with Crippen molar-refractivity contribution in [3.8, 4) is 5.75 Å². The third-order valence-corrected chi connectivity index (χ3v) is 3.12. The number of methoxy groups -OCH3 is 1. The van der Waals surface area contributed by atoms with E-state index in [1.165, 1.54) is 13.2 Å². The average Bonchev–Trinajstić information content (AvgIpc) is 2.84. The van der Waals surface area contributed by atoms with Gasteiger partial charge in [-0.3, -0.25) is 0 Å². The quantitative estimate of drug-likeness (QED) is 0.650. The normalized spacial score (nSPS) is 11.2. The summed E-state index contributed by atoms with van der Waals surface area (Å²) in [6, 6.07) is 5.10. The van der Waals surface area contributed by atoms with E-state index in [1.807, 2.05) is 6.07 Å². The molecule has 0 saturated carbocycles. The standard InChI is InChI=1S/C14H12O4/c1-3-8-9-4-5-11(15)18-13(9)14(16-2)12-10(8)6-7-17-12/h4-7H,3H2,1-2H3. The van der Waals surface area contributed by atoms with Gasteiger partial charge < -0.3 is 13.6 Å². The number of hydrogen-bond acceptors (Lipinski definition) is 4. The van der Waals surface area contributed by atoms with Gasteiger partial charge in [0.1, 0.15) is 0 Å². The number of fused-ring (bicyclic) bond motifs is 2. The van der Waals surface area contributed by atoms with Gasteiger partial charge in [-0.1, -0.05) is 6.92 Å². The predicted octanol–water partition coefficient (Wildman–Crippen LogP) is 3.11. The topological polar surface area (TPSA) is 52.6 Å². The van der Waals surface area contributed by atoms with E-state index in [9.17, 15) is 4.79 Å². The largest absolute Gasteiger partial charge is 0.490 e. The first kappa shape index (κ1) is 10.9. The minimum atomic E-state index is -0.395. The molecule has 1 aromatic carbocycles. The van der Waals surface area contributed by atoms with Crippen LogP contribution < -0.4 is 10.4 Å². The molecule has 2 heterocycles. The Hall–Kier alpha value is -2.23. The van der Waals surface area contributed by atoms with Gasteiger partial charge in [0.25, 0.3) is 0 Å². The summed E-state index contributed by atoms with van der Waals surface area (Å²) in [5.41, 5.74) is 1.77. The van der Waals surface area contributed by atoms with Crippen LogP contribution in [0.3, 0.4) is 0 Å². The average molecular weight is 244 g/mol. The maximum absolute atomic E-state index is 11.4. The Morgan fingerprint density at radius 2 is 1.94 bits per heavy atom. The van der Waals surface area contributed by atoms with Crippen molar-refractivity contribution in [3.63, 3.8) is 0 Å². The third-order valence-electron chi connectivity index (χ3n) is 3.12. The van der Waals surface area contributed by atoms with Crippen LogP contribution in [-0.2, 0) is 6.42 Å². The van der Waals surface area contributed by atoms with Crippen LogP contribution in [0, 0.1) is 0 Å². The fourth-order valence-corrected chi connectivity index (χ4v) is 2.36. The van der Waals surface area contributed by atoms with Crippen LogP contribution in [0.15, 0.2) is 38.1 Å². The van der Waals surface area contributed by atoms with Crippen molar-refractivity contribution in [2.45, 2.75) is 13.3 Å². The number of ether oxygens (including phenoxy) is 1. The van der Waals surface area contributed by atoms with Crippen LogP contribution >= 0.6 is 0 Å². The summed E-state index contributed by atoms with van der Waals surface area (Å²) in [5.74, 6) is 0.472. The van der Waals surface area contributed by atoms with Crippen LogP contribution in [-0.4, -0.2) is 7.11 Å². The SMILES string of the molecule is CCc1c2ccoc2c(OC)c2oc(=O)ccc12. The number of aryl methyl sites for hydroxylation is 1. The molecule has 0 fully saturated rings. The fourth-order valence-electron chi connectivity index (χ4n) is 2.36. The number of hydrogen-bond donors (Lipinski definition) is 0. The van der Waals surface area contributed by atoms with E-state index in [0.717, 1.165) is 22.8 Å². The molecule has 2 aromatic heterocycles. The van der Waals surface area contributed by atoms with Crippen molar-refractivity contribution in [3.05, 3.63) is 40.4 Å². The van der Waals surface area contributed by atoms with E-state index < -0.39 is 5.63 Å². The van der Waals surface area contributed by atoms with Gasteiger partial charge in [-0.15, -0.1) is 0 Å². The molecule has 0 aliphatic carbocycles. The third kappa shape index (κ3) is 1.35. The Morgan fingerprint density at radius 1 is 1.17 bits per heavy atom. The van der Waals surface area contributed by atoms with Gasteiger partial charge in [-0.2, -0.15) is 0 Å². The predicted molar refractivity (Wildman–Crippen MR) is 68.2 cm³/mol. The summed E-state index contributed by atoms with van der Waals surface area (Å²) in [5, 5.41) is 1.89. The molecule has 0 radical (unpaired) electrons. The van der Waals surface area contributed by atoms with Crippen molar-refractivity contribution >= 4 is 21.9 Å². The monoisotopic (exact) mass is 244 g/mol. The molecule has 0 atom stereocenters. The molecule has 0 N–H and O–H groups in total. The Bertz CT molecular complexity index is 779. The van der Waals surface area contributed by atoms with Gasteiger partial charge in [0, 0.05) is 16.8 Å². The van der Waals surface area contributed by atoms with Crippen molar-refractivity contribution in [1.29, 1.82) is 0 Å². The minimum Gasteiger partial charge on any atom is -0.490 e. The number of rotatable bonds is 2. The summed E-state index contributed by atoms with van der Waals surface area (Å²) < 4.78 is 16.0. The van der Waals surface area contributed by atoms with Gasteiger partial charge >= 0.3 is 5.63 Å². The molecule has 0 saturated heterocycles. The van der Waals surface area contributed by atoms with Crippen molar-refractivity contribution in [2.75, 3.05) is 7.11 Å². The van der Waals surface area contributed by atoms with E-state index in [1.54, 1.807) is 12.3 Å². The molecule has 3 aromatic rings. The Balaban J connectivity index is 2.63. The number of benzene rings is 1. The van der Waals surface area contributed by atoms with Crippen molar-refractivity contribution in [2.24, 2.45) is 0 Å². The number of furan rings is 1. The second kappa shape index (κ2) is 3.91. The maximum atomic E-state index is 11.4. The van der Waals surface area contributed by atoms with Crippen LogP contribution in [0.1, 0.15) is 12.5 Å². The Labute approximate surface area is 103 Å². The van der Waals surface area contributed by atoms with E-state index in [-0.39, 0.29) is 0 Å². The first-order valence-electron chi connectivity index (χ1n) is 5.76. The smallest absolute Gasteiger partial charge is 0.336 e. The molecule has 4 nitrogen and oxygen atoms in total. The Morgan fingerprint density at radius 3 is 2.67 bits per heavy atom. The van der Waals surface area contributed by atoms with Gasteiger partial charge in [0.2, 0.25) is 5.75 Å². The summed E-state index contributed by atoms with van der Waals surface area (Å²) >= 11 is 0. The molecule has 18 heavy (non-hydrogen) atoms. The summed E-state index contributed by atoms with van der Waals surface area (Å²) in [4.78, 5) is 11.4. The minimum absolute atomic E-state index is 0.395. The van der Waals surface area contributed by atoms with E-state index in [2.05, 4.69) is 6.92 Å². The fraction of sp³-hybridized carbons (Fsp3) is 0.214. The lowest BCUT2D eigenvalue weighted by Crippen LogP contribution is -1.98. The van der Waals surface area contributed by atoms with Crippen molar-refractivity contribution < 1.29 is 13.6 Å². The van der Waals surface area contributed by atoms with Gasteiger partial charge in [-0.05, 0) is 24.1 Å². The molecule has 3 rings (SSSR count). The van der Waals surface area contributed by atoms with E-state index in [0.29, 0.717) is 16.9 Å². The highest BCUT2D eigenvalue weighted by Crippen LogP contribution is 2.38. The van der Waals surface area contributed by atoms with E-state index >= 15 is 0 Å². The van der Waals surface area contributed by atoms with E-state index in [4.69, 9.17) is 13.6 Å². The lowest BCUT2D eigenvalue weighted by atomic mass is 10.0. The second-order valence-corrected chi connectivity index (χ2v) is 4.03. The first-order valence-corrected chi connectivity index (χ1v) is 5.76. The molecular weight excluding hydrogens is 232 g/mol. The highest BCUT2D eigenvalue weighted by Gasteiger charge is 2.17.